The second-order valence-electron chi connectivity index (χ2n) is 2.71. The molecule has 1 aromatic heterocycles. The molecule has 0 fully saturated rings. The standard InChI is InChI=1S/C9H7ClN2O2/c10-5-8(13)11-9-6-3-1-2-4-7(6)14-12-9/h1-4H,5H2,(H,11,12,13). The average molecular weight is 211 g/mol. The Bertz CT molecular complexity index is 467. The van der Waals surface area contributed by atoms with Gasteiger partial charge in [0, 0.05) is 0 Å². The molecule has 1 N–H and O–H groups in total. The fraction of sp³-hybridized carbons (Fsp3) is 0.111. The SMILES string of the molecule is O=C(CCl)Nc1noc2ccccc12. The van der Waals surface area contributed by atoms with Crippen molar-refractivity contribution in [1.82, 2.24) is 5.16 Å². The lowest BCUT2D eigenvalue weighted by Crippen LogP contribution is -2.12. The van der Waals surface area contributed by atoms with Crippen molar-refractivity contribution in [3.05, 3.63) is 24.3 Å². The highest BCUT2D eigenvalue weighted by Crippen LogP contribution is 2.21. The Hall–Kier alpha value is -1.55. The van der Waals surface area contributed by atoms with Gasteiger partial charge in [0.1, 0.15) is 5.88 Å². The first-order valence-corrected chi connectivity index (χ1v) is 4.55. The van der Waals surface area contributed by atoms with E-state index in [0.29, 0.717) is 11.4 Å². The molecule has 0 radical (unpaired) electrons. The molecule has 0 spiro atoms. The van der Waals surface area contributed by atoms with Crippen LogP contribution in [0.5, 0.6) is 0 Å². The van der Waals surface area contributed by atoms with E-state index in [0.717, 1.165) is 5.39 Å². The molecule has 1 heterocycles. The van der Waals surface area contributed by atoms with E-state index in [1.807, 2.05) is 18.2 Å². The Labute approximate surface area is 84.8 Å². The van der Waals surface area contributed by atoms with Crippen LogP contribution in [-0.2, 0) is 4.79 Å². The minimum Gasteiger partial charge on any atom is -0.354 e. The Morgan fingerprint density at radius 3 is 3.07 bits per heavy atom. The molecule has 0 saturated heterocycles. The van der Waals surface area contributed by atoms with Crippen molar-refractivity contribution in [2.24, 2.45) is 0 Å². The quantitative estimate of drug-likeness (QED) is 0.772. The molecule has 0 aliphatic carbocycles. The van der Waals surface area contributed by atoms with Crippen LogP contribution >= 0.6 is 11.6 Å². The number of hydrogen-bond donors (Lipinski definition) is 1. The first-order chi connectivity index (χ1) is 6.81. The summed E-state index contributed by atoms with van der Waals surface area (Å²) in [6.07, 6.45) is 0. The van der Waals surface area contributed by atoms with Gasteiger partial charge in [-0.15, -0.1) is 11.6 Å². The molecule has 5 heteroatoms. The van der Waals surface area contributed by atoms with Gasteiger partial charge < -0.3 is 9.84 Å². The van der Waals surface area contributed by atoms with Crippen molar-refractivity contribution in [3.63, 3.8) is 0 Å². The molecule has 0 atom stereocenters. The van der Waals surface area contributed by atoms with Crippen LogP contribution in [0.3, 0.4) is 0 Å². The van der Waals surface area contributed by atoms with E-state index in [1.54, 1.807) is 6.07 Å². The number of rotatable bonds is 2. The van der Waals surface area contributed by atoms with Gasteiger partial charge in [-0.05, 0) is 12.1 Å². The van der Waals surface area contributed by atoms with Gasteiger partial charge in [0.15, 0.2) is 11.4 Å². The van der Waals surface area contributed by atoms with E-state index in [2.05, 4.69) is 10.5 Å². The van der Waals surface area contributed by atoms with Crippen molar-refractivity contribution in [2.45, 2.75) is 0 Å². The fourth-order valence-electron chi connectivity index (χ4n) is 1.14. The van der Waals surface area contributed by atoms with E-state index < -0.39 is 0 Å². The van der Waals surface area contributed by atoms with Crippen molar-refractivity contribution in [1.29, 1.82) is 0 Å². The highest BCUT2D eigenvalue weighted by atomic mass is 35.5. The Morgan fingerprint density at radius 2 is 2.29 bits per heavy atom. The van der Waals surface area contributed by atoms with Gasteiger partial charge >= 0.3 is 0 Å². The zero-order valence-corrected chi connectivity index (χ0v) is 7.91. The summed E-state index contributed by atoms with van der Waals surface area (Å²) < 4.78 is 4.99. The molecule has 0 unspecified atom stereocenters. The summed E-state index contributed by atoms with van der Waals surface area (Å²) in [6.45, 7) is 0. The van der Waals surface area contributed by atoms with Crippen LogP contribution in [0.4, 0.5) is 5.82 Å². The summed E-state index contributed by atoms with van der Waals surface area (Å²) in [5.41, 5.74) is 0.636. The normalized spacial score (nSPS) is 10.4. The molecular formula is C9H7ClN2O2. The van der Waals surface area contributed by atoms with E-state index in [-0.39, 0.29) is 11.8 Å². The third-order valence-electron chi connectivity index (χ3n) is 1.76. The number of anilines is 1. The van der Waals surface area contributed by atoms with Crippen molar-refractivity contribution in [2.75, 3.05) is 11.2 Å². The minimum atomic E-state index is -0.300. The lowest BCUT2D eigenvalue weighted by molar-refractivity contribution is -0.113. The predicted octanol–water partition coefficient (Wildman–Crippen LogP) is 2.01. The van der Waals surface area contributed by atoms with E-state index in [4.69, 9.17) is 16.1 Å². The molecule has 0 saturated carbocycles. The molecule has 2 rings (SSSR count). The number of halogens is 1. The van der Waals surface area contributed by atoms with Gasteiger partial charge in [0.05, 0.1) is 5.39 Å². The first kappa shape index (κ1) is 9.02. The number of carbonyl (C=O) groups is 1. The minimum absolute atomic E-state index is 0.0960. The highest BCUT2D eigenvalue weighted by molar-refractivity contribution is 6.29. The molecule has 4 nitrogen and oxygen atoms in total. The highest BCUT2D eigenvalue weighted by Gasteiger charge is 2.09. The summed E-state index contributed by atoms with van der Waals surface area (Å²) in [7, 11) is 0. The molecule has 2 aromatic rings. The van der Waals surface area contributed by atoms with Crippen molar-refractivity contribution < 1.29 is 9.32 Å². The molecule has 0 aliphatic heterocycles. The van der Waals surface area contributed by atoms with Gasteiger partial charge in [-0.2, -0.15) is 0 Å². The lowest BCUT2D eigenvalue weighted by atomic mass is 10.2. The van der Waals surface area contributed by atoms with Crippen molar-refractivity contribution >= 4 is 34.3 Å². The summed E-state index contributed by atoms with van der Waals surface area (Å²) >= 11 is 5.35. The zero-order valence-electron chi connectivity index (χ0n) is 7.16. The third-order valence-corrected chi connectivity index (χ3v) is 2.00. The number of aromatic nitrogens is 1. The smallest absolute Gasteiger partial charge is 0.240 e. The molecule has 72 valence electrons. The number of carbonyl (C=O) groups excluding carboxylic acids is 1. The third kappa shape index (κ3) is 1.56. The second kappa shape index (κ2) is 3.67. The molecule has 1 amide bonds. The van der Waals surface area contributed by atoms with Crippen LogP contribution < -0.4 is 5.32 Å². The number of benzene rings is 1. The lowest BCUT2D eigenvalue weighted by Gasteiger charge is -1.96. The molecule has 0 aliphatic rings. The van der Waals surface area contributed by atoms with Gasteiger partial charge in [0.2, 0.25) is 5.91 Å². The van der Waals surface area contributed by atoms with Crippen LogP contribution in [0.25, 0.3) is 11.0 Å². The van der Waals surface area contributed by atoms with Crippen LogP contribution in [0, 0.1) is 0 Å². The number of para-hydroxylation sites is 1. The van der Waals surface area contributed by atoms with Gasteiger partial charge in [-0.25, -0.2) is 0 Å². The molecular weight excluding hydrogens is 204 g/mol. The van der Waals surface area contributed by atoms with E-state index in [9.17, 15) is 4.79 Å². The monoisotopic (exact) mass is 210 g/mol. The summed E-state index contributed by atoms with van der Waals surface area (Å²) in [5.74, 6) is 0.0123. The number of amides is 1. The van der Waals surface area contributed by atoms with E-state index >= 15 is 0 Å². The number of fused-ring (bicyclic) bond motifs is 1. The zero-order chi connectivity index (χ0) is 9.97. The van der Waals surface area contributed by atoms with Gasteiger partial charge in [-0.1, -0.05) is 17.3 Å². The van der Waals surface area contributed by atoms with Crippen LogP contribution in [0.15, 0.2) is 28.8 Å². The largest absolute Gasteiger partial charge is 0.354 e. The van der Waals surface area contributed by atoms with E-state index in [1.165, 1.54) is 0 Å². The summed E-state index contributed by atoms with van der Waals surface area (Å²) in [5, 5.41) is 7.03. The Morgan fingerprint density at radius 1 is 1.50 bits per heavy atom. The summed E-state index contributed by atoms with van der Waals surface area (Å²) in [4.78, 5) is 11.0. The predicted molar refractivity (Wildman–Crippen MR) is 53.4 cm³/mol. The van der Waals surface area contributed by atoms with Crippen LogP contribution in [-0.4, -0.2) is 16.9 Å². The van der Waals surface area contributed by atoms with Crippen LogP contribution in [0.1, 0.15) is 0 Å². The van der Waals surface area contributed by atoms with Crippen molar-refractivity contribution in [3.8, 4) is 0 Å². The number of alkyl halides is 1. The number of nitrogens with one attached hydrogen (secondary N) is 1. The molecule has 0 bridgehead atoms. The second-order valence-corrected chi connectivity index (χ2v) is 2.98. The number of hydrogen-bond acceptors (Lipinski definition) is 3. The maximum absolute atomic E-state index is 11.0. The average Bonchev–Trinajstić information content (AvgIpc) is 2.62. The molecule has 14 heavy (non-hydrogen) atoms. The van der Waals surface area contributed by atoms with Gasteiger partial charge in [-0.3, -0.25) is 4.79 Å². The molecule has 1 aromatic carbocycles. The Balaban J connectivity index is 2.38. The first-order valence-electron chi connectivity index (χ1n) is 4.01. The maximum atomic E-state index is 11.0. The van der Waals surface area contributed by atoms with Gasteiger partial charge in [0.25, 0.3) is 0 Å². The van der Waals surface area contributed by atoms with Crippen LogP contribution in [0.2, 0.25) is 0 Å². The summed E-state index contributed by atoms with van der Waals surface area (Å²) in [6, 6.07) is 7.27. The fourth-order valence-corrected chi connectivity index (χ4v) is 1.21. The number of nitrogens with zero attached hydrogens (tertiary/aromatic N) is 1. The topological polar surface area (TPSA) is 55.1 Å². The maximum Gasteiger partial charge on any atom is 0.240 e. The Kier molecular flexibility index (Phi) is 2.37.